The average Bonchev–Trinajstić information content (AvgIpc) is 2.10. The SMILES string of the molecule is CNC(=O)c1cc(F)cc(C)c1F. The van der Waals surface area contributed by atoms with Crippen LogP contribution in [0.1, 0.15) is 15.9 Å². The Kier molecular flexibility index (Phi) is 2.60. The Morgan fingerprint density at radius 3 is 2.54 bits per heavy atom. The third-order valence-electron chi connectivity index (χ3n) is 1.69. The van der Waals surface area contributed by atoms with Crippen molar-refractivity contribution in [1.82, 2.24) is 5.32 Å². The number of hydrogen-bond donors (Lipinski definition) is 1. The van der Waals surface area contributed by atoms with Crippen LogP contribution in [0.2, 0.25) is 0 Å². The number of halogens is 2. The maximum absolute atomic E-state index is 13.2. The number of benzene rings is 1. The summed E-state index contributed by atoms with van der Waals surface area (Å²) in [5, 5.41) is 2.23. The predicted molar refractivity (Wildman–Crippen MR) is 44.5 cm³/mol. The summed E-state index contributed by atoms with van der Waals surface area (Å²) in [7, 11) is 1.36. The van der Waals surface area contributed by atoms with E-state index in [1.807, 2.05) is 0 Å². The van der Waals surface area contributed by atoms with Crippen molar-refractivity contribution in [3.8, 4) is 0 Å². The van der Waals surface area contributed by atoms with E-state index in [4.69, 9.17) is 0 Å². The molecular weight excluding hydrogens is 176 g/mol. The molecule has 0 fully saturated rings. The molecule has 1 N–H and O–H groups in total. The third-order valence-corrected chi connectivity index (χ3v) is 1.69. The summed E-state index contributed by atoms with van der Waals surface area (Å²) in [4.78, 5) is 11.0. The minimum atomic E-state index is -0.680. The maximum atomic E-state index is 13.2. The second kappa shape index (κ2) is 3.51. The van der Waals surface area contributed by atoms with Gasteiger partial charge in [-0.1, -0.05) is 0 Å². The molecule has 1 amide bonds. The Morgan fingerprint density at radius 2 is 2.00 bits per heavy atom. The number of hydrogen-bond acceptors (Lipinski definition) is 1. The van der Waals surface area contributed by atoms with Crippen LogP contribution in [-0.4, -0.2) is 13.0 Å². The second-order valence-electron chi connectivity index (χ2n) is 2.66. The van der Waals surface area contributed by atoms with Gasteiger partial charge >= 0.3 is 0 Å². The highest BCUT2D eigenvalue weighted by atomic mass is 19.1. The molecule has 2 nitrogen and oxygen atoms in total. The van der Waals surface area contributed by atoms with E-state index in [2.05, 4.69) is 5.32 Å². The first-order valence-corrected chi connectivity index (χ1v) is 3.74. The van der Waals surface area contributed by atoms with Gasteiger partial charge in [0.2, 0.25) is 0 Å². The predicted octanol–water partition coefficient (Wildman–Crippen LogP) is 1.63. The van der Waals surface area contributed by atoms with Crippen molar-refractivity contribution < 1.29 is 13.6 Å². The van der Waals surface area contributed by atoms with Crippen molar-refractivity contribution in [2.24, 2.45) is 0 Å². The van der Waals surface area contributed by atoms with Crippen molar-refractivity contribution in [3.63, 3.8) is 0 Å². The molecule has 0 bridgehead atoms. The molecule has 0 saturated heterocycles. The average molecular weight is 185 g/mol. The summed E-state index contributed by atoms with van der Waals surface area (Å²) in [6, 6.07) is 1.92. The Hall–Kier alpha value is -1.45. The molecule has 0 aliphatic carbocycles. The molecule has 0 heterocycles. The van der Waals surface area contributed by atoms with Crippen LogP contribution in [0.4, 0.5) is 8.78 Å². The standard InChI is InChI=1S/C9H9F2NO/c1-5-3-6(10)4-7(8(5)11)9(13)12-2/h3-4H,1-2H3,(H,12,13). The lowest BCUT2D eigenvalue weighted by molar-refractivity contribution is 0.0958. The van der Waals surface area contributed by atoms with Crippen molar-refractivity contribution >= 4 is 5.91 Å². The van der Waals surface area contributed by atoms with Gasteiger partial charge in [0.25, 0.3) is 5.91 Å². The summed E-state index contributed by atoms with van der Waals surface area (Å²) >= 11 is 0. The zero-order valence-electron chi connectivity index (χ0n) is 7.32. The summed E-state index contributed by atoms with van der Waals surface area (Å²) in [5.41, 5.74) is -0.140. The molecule has 0 atom stereocenters. The zero-order valence-corrected chi connectivity index (χ0v) is 7.32. The molecule has 0 saturated carbocycles. The fourth-order valence-electron chi connectivity index (χ4n) is 1.03. The summed E-state index contributed by atoms with van der Waals surface area (Å²) in [6.07, 6.45) is 0. The lowest BCUT2D eigenvalue weighted by Crippen LogP contribution is -2.19. The molecule has 1 aromatic carbocycles. The number of nitrogens with one attached hydrogen (secondary N) is 1. The third kappa shape index (κ3) is 1.83. The van der Waals surface area contributed by atoms with E-state index >= 15 is 0 Å². The highest BCUT2D eigenvalue weighted by molar-refractivity contribution is 5.94. The van der Waals surface area contributed by atoms with Crippen LogP contribution in [0, 0.1) is 18.6 Å². The molecule has 0 aromatic heterocycles. The highest BCUT2D eigenvalue weighted by Crippen LogP contribution is 2.14. The molecule has 0 aliphatic rings. The summed E-state index contributed by atoms with van der Waals surface area (Å²) in [6.45, 7) is 1.41. The van der Waals surface area contributed by atoms with Gasteiger partial charge in [-0.05, 0) is 24.6 Å². The van der Waals surface area contributed by atoms with Crippen LogP contribution < -0.4 is 5.32 Å². The minimum Gasteiger partial charge on any atom is -0.355 e. The van der Waals surface area contributed by atoms with E-state index in [0.717, 1.165) is 12.1 Å². The van der Waals surface area contributed by atoms with Crippen LogP contribution in [-0.2, 0) is 0 Å². The van der Waals surface area contributed by atoms with E-state index in [1.54, 1.807) is 0 Å². The molecule has 0 radical (unpaired) electrons. The smallest absolute Gasteiger partial charge is 0.254 e. The Labute approximate surface area is 74.6 Å². The van der Waals surface area contributed by atoms with Crippen LogP contribution in [0.15, 0.2) is 12.1 Å². The van der Waals surface area contributed by atoms with Gasteiger partial charge in [-0.25, -0.2) is 8.78 Å². The molecule has 0 aliphatic heterocycles. The first-order chi connectivity index (χ1) is 6.06. The van der Waals surface area contributed by atoms with E-state index in [0.29, 0.717) is 0 Å². The largest absolute Gasteiger partial charge is 0.355 e. The van der Waals surface area contributed by atoms with Gasteiger partial charge < -0.3 is 5.32 Å². The minimum absolute atomic E-state index is 0.124. The molecule has 13 heavy (non-hydrogen) atoms. The lowest BCUT2D eigenvalue weighted by atomic mass is 10.1. The van der Waals surface area contributed by atoms with E-state index in [-0.39, 0.29) is 11.1 Å². The molecular formula is C9H9F2NO. The van der Waals surface area contributed by atoms with Gasteiger partial charge in [0.15, 0.2) is 0 Å². The molecule has 1 rings (SSSR count). The Morgan fingerprint density at radius 1 is 1.38 bits per heavy atom. The summed E-state index contributed by atoms with van der Waals surface area (Å²) in [5.74, 6) is -1.92. The quantitative estimate of drug-likeness (QED) is 0.707. The van der Waals surface area contributed by atoms with Crippen LogP contribution in [0.3, 0.4) is 0 Å². The summed E-state index contributed by atoms with van der Waals surface area (Å²) < 4.78 is 25.9. The first-order valence-electron chi connectivity index (χ1n) is 3.74. The number of amides is 1. The topological polar surface area (TPSA) is 29.1 Å². The van der Waals surface area contributed by atoms with Gasteiger partial charge in [0.1, 0.15) is 11.6 Å². The molecule has 4 heteroatoms. The lowest BCUT2D eigenvalue weighted by Gasteiger charge is -2.04. The maximum Gasteiger partial charge on any atom is 0.254 e. The van der Waals surface area contributed by atoms with Gasteiger partial charge in [-0.2, -0.15) is 0 Å². The van der Waals surface area contributed by atoms with Gasteiger partial charge in [-0.15, -0.1) is 0 Å². The molecule has 0 spiro atoms. The van der Waals surface area contributed by atoms with Crippen molar-refractivity contribution in [2.75, 3.05) is 7.05 Å². The molecule has 70 valence electrons. The fourth-order valence-corrected chi connectivity index (χ4v) is 1.03. The Bertz CT molecular complexity index is 350. The van der Waals surface area contributed by atoms with Crippen molar-refractivity contribution in [3.05, 3.63) is 34.9 Å². The van der Waals surface area contributed by atoms with E-state index in [9.17, 15) is 13.6 Å². The number of rotatable bonds is 1. The second-order valence-corrected chi connectivity index (χ2v) is 2.66. The molecule has 1 aromatic rings. The van der Waals surface area contributed by atoms with Crippen LogP contribution in [0.25, 0.3) is 0 Å². The highest BCUT2D eigenvalue weighted by Gasteiger charge is 2.13. The van der Waals surface area contributed by atoms with Gasteiger partial charge in [0, 0.05) is 7.05 Å². The van der Waals surface area contributed by atoms with Crippen LogP contribution >= 0.6 is 0 Å². The number of carbonyl (C=O) groups excluding carboxylic acids is 1. The molecule has 0 unspecified atom stereocenters. The van der Waals surface area contributed by atoms with E-state index < -0.39 is 17.5 Å². The monoisotopic (exact) mass is 185 g/mol. The number of aryl methyl sites for hydroxylation is 1. The van der Waals surface area contributed by atoms with E-state index in [1.165, 1.54) is 14.0 Å². The van der Waals surface area contributed by atoms with Crippen molar-refractivity contribution in [1.29, 1.82) is 0 Å². The van der Waals surface area contributed by atoms with Gasteiger partial charge in [-0.3, -0.25) is 4.79 Å². The first kappa shape index (κ1) is 9.64. The normalized spacial score (nSPS) is 9.85. The Balaban J connectivity index is 3.28. The number of carbonyl (C=O) groups is 1. The zero-order chi connectivity index (χ0) is 10.0. The van der Waals surface area contributed by atoms with Crippen molar-refractivity contribution in [2.45, 2.75) is 6.92 Å². The van der Waals surface area contributed by atoms with Crippen LogP contribution in [0.5, 0.6) is 0 Å². The van der Waals surface area contributed by atoms with Gasteiger partial charge in [0.05, 0.1) is 5.56 Å². The fraction of sp³-hybridized carbons (Fsp3) is 0.222.